The molecule has 0 spiro atoms. The molecule has 33 heavy (non-hydrogen) atoms. The zero-order chi connectivity index (χ0) is 25.1. The number of carbonyl (C=O) groups is 1. The molecular weight excluding hydrogens is 485 g/mol. The normalized spacial score (nSPS) is 14.1. The summed E-state index contributed by atoms with van der Waals surface area (Å²) >= 11 is 0. The second-order valence-electron chi connectivity index (χ2n) is 6.72. The van der Waals surface area contributed by atoms with E-state index in [0.717, 1.165) is 24.3 Å². The maximum absolute atomic E-state index is 15.2. The number of alkyl carbamates (subject to hydrolysis) is 1. The van der Waals surface area contributed by atoms with Crippen LogP contribution in [-0.2, 0) is 9.30 Å². The molecule has 2 rings (SSSR count). The molecule has 0 aliphatic rings. The van der Waals surface area contributed by atoms with Gasteiger partial charge in [0.25, 0.3) is 0 Å². The fraction of sp³-hybridized carbons (Fsp3) is 0.350. The minimum atomic E-state index is -6.72. The average molecular weight is 503 g/mol. The van der Waals surface area contributed by atoms with E-state index < -0.39 is 60.4 Å². The molecule has 0 fully saturated rings. The predicted octanol–water partition coefficient (Wildman–Crippen LogP) is 5.24. The fourth-order valence-corrected chi connectivity index (χ4v) is 6.00. The van der Waals surface area contributed by atoms with Crippen LogP contribution < -0.4 is 15.9 Å². The van der Waals surface area contributed by atoms with Crippen molar-refractivity contribution in [3.05, 3.63) is 60.7 Å². The van der Waals surface area contributed by atoms with Gasteiger partial charge in [-0.05, 0) is 6.92 Å². The summed E-state index contributed by atoms with van der Waals surface area (Å²) in [5.74, 6) is -23.0. The van der Waals surface area contributed by atoms with E-state index in [4.69, 9.17) is 0 Å². The van der Waals surface area contributed by atoms with Crippen molar-refractivity contribution in [3.8, 4) is 0 Å². The van der Waals surface area contributed by atoms with Gasteiger partial charge in [-0.3, -0.25) is 0 Å². The smallest absolute Gasteiger partial charge is 0.407 e. The lowest BCUT2D eigenvalue weighted by molar-refractivity contribution is -0.339. The van der Waals surface area contributed by atoms with Gasteiger partial charge in [0.2, 0.25) is 0 Å². The molecule has 0 aliphatic carbocycles. The van der Waals surface area contributed by atoms with Gasteiger partial charge < -0.3 is 14.6 Å². The van der Waals surface area contributed by atoms with Crippen LogP contribution in [0, 0.1) is 0 Å². The van der Waals surface area contributed by atoms with Crippen molar-refractivity contribution < 1.29 is 49.2 Å². The number of benzene rings is 2. The molecule has 0 bridgehead atoms. The van der Waals surface area contributed by atoms with Gasteiger partial charge in [-0.25, -0.2) is 13.6 Å². The fourth-order valence-electron chi connectivity index (χ4n) is 2.97. The van der Waals surface area contributed by atoms with Gasteiger partial charge in [-0.15, -0.1) is 0 Å². The van der Waals surface area contributed by atoms with Gasteiger partial charge in [0.05, 0.1) is 6.61 Å². The number of alkyl halides is 8. The Balaban J connectivity index is 2.86. The molecule has 182 valence electrons. The Morgan fingerprint density at radius 3 is 1.67 bits per heavy atom. The lowest BCUT2D eigenvalue weighted by Gasteiger charge is -2.40. The molecule has 1 amide bonds. The molecule has 0 aliphatic heterocycles. The van der Waals surface area contributed by atoms with Crippen LogP contribution in [0.1, 0.15) is 6.92 Å². The number of amides is 1. The van der Waals surface area contributed by atoms with Gasteiger partial charge in [-0.1, -0.05) is 60.7 Å². The molecule has 0 saturated heterocycles. The van der Waals surface area contributed by atoms with Crippen LogP contribution in [0.15, 0.2) is 60.7 Å². The van der Waals surface area contributed by atoms with Gasteiger partial charge in [0.1, 0.15) is 0 Å². The molecule has 0 saturated carbocycles. The van der Waals surface area contributed by atoms with Gasteiger partial charge in [0, 0.05) is 10.6 Å². The van der Waals surface area contributed by atoms with Gasteiger partial charge >= 0.3 is 30.3 Å². The number of halogens is 8. The molecule has 2 aromatic carbocycles. The summed E-state index contributed by atoms with van der Waals surface area (Å²) in [4.78, 5) is 12.0. The molecule has 0 radical (unpaired) electrons. The zero-order valence-corrected chi connectivity index (χ0v) is 17.7. The largest absolute Gasteiger partial charge is 0.450 e. The summed E-state index contributed by atoms with van der Waals surface area (Å²) in [6, 6.07) is 11.5. The highest BCUT2D eigenvalue weighted by Crippen LogP contribution is 2.59. The number of nitrogens with one attached hydrogen (secondary N) is 1. The van der Waals surface area contributed by atoms with Crippen molar-refractivity contribution in [1.82, 2.24) is 5.32 Å². The SMILES string of the molecule is CCOC(=O)N[C@H](C(F)(F)C(F)(F)C(F)(F)C(F)F)P(=O)(c1ccccc1)c1ccccc1. The van der Waals surface area contributed by atoms with Gasteiger partial charge in [0.15, 0.2) is 12.9 Å². The Hall–Kier alpha value is -2.62. The monoisotopic (exact) mass is 503 g/mol. The second-order valence-corrected chi connectivity index (χ2v) is 9.58. The van der Waals surface area contributed by atoms with Crippen molar-refractivity contribution in [2.45, 2.75) is 36.9 Å². The van der Waals surface area contributed by atoms with E-state index in [1.54, 1.807) is 0 Å². The molecule has 0 unspecified atom stereocenters. The Kier molecular flexibility index (Phi) is 7.83. The van der Waals surface area contributed by atoms with Crippen LogP contribution in [0.3, 0.4) is 0 Å². The summed E-state index contributed by atoms with van der Waals surface area (Å²) < 4.78 is 130. The number of hydrogen-bond donors (Lipinski definition) is 1. The zero-order valence-electron chi connectivity index (χ0n) is 16.8. The number of hydrogen-bond acceptors (Lipinski definition) is 3. The van der Waals surface area contributed by atoms with Crippen LogP contribution in [-0.4, -0.2) is 42.7 Å². The highest BCUT2D eigenvalue weighted by Gasteiger charge is 2.79. The van der Waals surface area contributed by atoms with Gasteiger partial charge in [-0.2, -0.15) is 26.3 Å². The molecule has 0 aromatic heterocycles. The van der Waals surface area contributed by atoms with Crippen LogP contribution in [0.2, 0.25) is 0 Å². The third kappa shape index (κ3) is 4.71. The quantitative estimate of drug-likeness (QED) is 0.376. The predicted molar refractivity (Wildman–Crippen MR) is 105 cm³/mol. The van der Waals surface area contributed by atoms with Crippen LogP contribution >= 0.6 is 7.14 Å². The average Bonchev–Trinajstić information content (AvgIpc) is 2.78. The molecule has 2 aromatic rings. The standard InChI is InChI=1S/C20H18F8NO3P/c1-2-32-17(30)29-16(19(25,26)20(27,28)18(23,24)15(21)22)33(31,13-9-5-3-6-10-13)14-11-7-4-8-12-14/h3-12,15-16H,2H2,1H3,(H,29,30)/t16-/m0/s1. The van der Waals surface area contributed by atoms with E-state index in [-0.39, 0.29) is 0 Å². The van der Waals surface area contributed by atoms with Crippen LogP contribution in [0.4, 0.5) is 39.9 Å². The van der Waals surface area contributed by atoms with Crippen molar-refractivity contribution in [2.24, 2.45) is 0 Å². The first-order chi connectivity index (χ1) is 15.2. The van der Waals surface area contributed by atoms with E-state index in [9.17, 15) is 35.7 Å². The first kappa shape index (κ1) is 26.6. The van der Waals surface area contributed by atoms with E-state index in [1.165, 1.54) is 48.6 Å². The van der Waals surface area contributed by atoms with E-state index in [1.807, 2.05) is 0 Å². The van der Waals surface area contributed by atoms with Crippen molar-refractivity contribution in [3.63, 3.8) is 0 Å². The first-order valence-electron chi connectivity index (χ1n) is 9.30. The Labute approximate surface area is 183 Å². The topological polar surface area (TPSA) is 55.4 Å². The molecule has 1 N–H and O–H groups in total. The second kappa shape index (κ2) is 9.70. The van der Waals surface area contributed by atoms with Crippen molar-refractivity contribution in [2.75, 3.05) is 6.61 Å². The minimum Gasteiger partial charge on any atom is -0.450 e. The lowest BCUT2D eigenvalue weighted by Crippen LogP contribution is -2.66. The molecule has 4 nitrogen and oxygen atoms in total. The maximum Gasteiger partial charge on any atom is 0.407 e. The number of rotatable bonds is 9. The highest BCUT2D eigenvalue weighted by atomic mass is 31.2. The number of ether oxygens (including phenoxy) is 1. The summed E-state index contributed by atoms with van der Waals surface area (Å²) in [6.45, 7) is 0.773. The molecule has 13 heteroatoms. The summed E-state index contributed by atoms with van der Waals surface area (Å²) in [7, 11) is -5.15. The van der Waals surface area contributed by atoms with E-state index in [2.05, 4.69) is 4.74 Å². The summed E-state index contributed by atoms with van der Waals surface area (Å²) in [6.07, 6.45) is -6.97. The first-order valence-corrected chi connectivity index (χ1v) is 11.1. The number of carbonyl (C=O) groups excluding carboxylic acids is 1. The maximum atomic E-state index is 15.2. The molecular formula is C20H18F8NO3P. The van der Waals surface area contributed by atoms with E-state index >= 15 is 8.78 Å². The van der Waals surface area contributed by atoms with E-state index in [0.29, 0.717) is 0 Å². The third-order valence-electron chi connectivity index (χ3n) is 4.63. The molecule has 1 atom stereocenters. The van der Waals surface area contributed by atoms with Crippen LogP contribution in [0.5, 0.6) is 0 Å². The minimum absolute atomic E-state index is 0.450. The Morgan fingerprint density at radius 2 is 1.30 bits per heavy atom. The summed E-state index contributed by atoms with van der Waals surface area (Å²) in [5, 5.41) is 0.241. The van der Waals surface area contributed by atoms with Crippen LogP contribution in [0.25, 0.3) is 0 Å². The Bertz CT molecular complexity index is 946. The third-order valence-corrected chi connectivity index (χ3v) is 7.94. The summed E-state index contributed by atoms with van der Waals surface area (Å²) in [5.41, 5.74) is 0. The highest BCUT2D eigenvalue weighted by molar-refractivity contribution is 7.79. The van der Waals surface area contributed by atoms with Crippen molar-refractivity contribution >= 4 is 23.8 Å². The lowest BCUT2D eigenvalue weighted by atomic mass is 10.0. The molecule has 0 heterocycles. The Morgan fingerprint density at radius 1 is 0.879 bits per heavy atom. The van der Waals surface area contributed by atoms with Crippen molar-refractivity contribution in [1.29, 1.82) is 0 Å².